The Morgan fingerprint density at radius 2 is 2.03 bits per heavy atom. The van der Waals surface area contributed by atoms with E-state index in [9.17, 15) is 9.90 Å². The summed E-state index contributed by atoms with van der Waals surface area (Å²) in [5.74, 6) is 1.30. The van der Waals surface area contributed by atoms with Crippen molar-refractivity contribution in [1.82, 2.24) is 10.3 Å². The number of likely N-dealkylation sites (tertiary alicyclic amines) is 1. The number of benzene rings is 1. The number of carbonyl (C=O) groups excluding carboxylic acids is 1. The van der Waals surface area contributed by atoms with Gasteiger partial charge in [-0.2, -0.15) is 5.10 Å². The highest BCUT2D eigenvalue weighted by atomic mass is 35.5. The predicted molar refractivity (Wildman–Crippen MR) is 126 cm³/mol. The zero-order valence-electron chi connectivity index (χ0n) is 17.9. The van der Waals surface area contributed by atoms with E-state index >= 15 is 0 Å². The molecule has 0 aliphatic carbocycles. The van der Waals surface area contributed by atoms with Crippen molar-refractivity contribution in [3.8, 4) is 11.5 Å². The summed E-state index contributed by atoms with van der Waals surface area (Å²) in [7, 11) is 1.62. The molecule has 0 radical (unpaired) electrons. The van der Waals surface area contributed by atoms with Gasteiger partial charge in [0.25, 0.3) is 0 Å². The zero-order valence-corrected chi connectivity index (χ0v) is 19.6. The third-order valence-electron chi connectivity index (χ3n) is 5.66. The number of hydrazone groups is 1. The lowest BCUT2D eigenvalue weighted by Gasteiger charge is -2.28. The first-order chi connectivity index (χ1) is 14.5. The molecule has 1 aromatic heterocycles. The monoisotopic (exact) mass is 467 g/mol. The molecular weight excluding hydrogens is 438 g/mol. The van der Waals surface area contributed by atoms with Gasteiger partial charge in [-0.3, -0.25) is 4.79 Å². The fraction of sp³-hybridized carbons (Fsp3) is 0.545. The minimum absolute atomic E-state index is 0. The van der Waals surface area contributed by atoms with Crippen LogP contribution in [0.4, 0.5) is 0 Å². The van der Waals surface area contributed by atoms with Crippen LogP contribution in [0.1, 0.15) is 37.5 Å². The number of nitrogens with one attached hydrogen (secondary N) is 1. The van der Waals surface area contributed by atoms with Crippen molar-refractivity contribution in [2.24, 2.45) is 11.0 Å². The van der Waals surface area contributed by atoms with Crippen molar-refractivity contribution in [2.45, 2.75) is 38.7 Å². The maximum absolute atomic E-state index is 11.5. The quantitative estimate of drug-likeness (QED) is 0.652. The Kier molecular flexibility index (Phi) is 8.16. The van der Waals surface area contributed by atoms with Gasteiger partial charge in [-0.1, -0.05) is 13.3 Å². The summed E-state index contributed by atoms with van der Waals surface area (Å²) in [5, 5.41) is 15.7. The zero-order chi connectivity index (χ0) is 21.1. The van der Waals surface area contributed by atoms with Crippen LogP contribution in [-0.2, 0) is 4.79 Å². The number of halogens is 1. The molecule has 1 fully saturated rings. The maximum Gasteiger partial charge on any atom is 0.240 e. The van der Waals surface area contributed by atoms with Crippen LogP contribution in [0.3, 0.4) is 0 Å². The number of rotatable bonds is 7. The molecule has 2 N–H and O–H groups in total. The van der Waals surface area contributed by atoms with Crippen LogP contribution in [0.15, 0.2) is 23.3 Å². The molecule has 2 unspecified atom stereocenters. The first-order valence-corrected chi connectivity index (χ1v) is 11.4. The second kappa shape index (κ2) is 10.6. The van der Waals surface area contributed by atoms with Gasteiger partial charge in [-0.15, -0.1) is 23.7 Å². The number of thiophene rings is 1. The molecule has 9 heteroatoms. The molecule has 2 aliphatic rings. The maximum atomic E-state index is 11.5. The van der Waals surface area contributed by atoms with E-state index in [4.69, 9.17) is 9.47 Å². The number of ether oxygens (including phenoxy) is 2. The van der Waals surface area contributed by atoms with Crippen molar-refractivity contribution in [1.29, 1.82) is 0 Å². The standard InChI is InChI=1S/C22H29N3O4S.ClH/c1-14-8-21(27)23-24-22(14)20-10-15-9-18(17(28-2)11-19(15)30-20)29-13-16(26)12-25-6-4-3-5-7-25;/h9-11,14,16,26H,3-8,12-13H2,1-2H3,(H,23,27);1H. The Morgan fingerprint density at radius 3 is 2.74 bits per heavy atom. The van der Waals surface area contributed by atoms with Gasteiger partial charge in [-0.05, 0) is 43.5 Å². The number of aliphatic hydroxyl groups is 1. The Bertz CT molecular complexity index is 942. The Balaban J connectivity index is 0.00000272. The summed E-state index contributed by atoms with van der Waals surface area (Å²) in [6.07, 6.45) is 3.58. The van der Waals surface area contributed by atoms with Gasteiger partial charge in [0.1, 0.15) is 12.7 Å². The highest BCUT2D eigenvalue weighted by molar-refractivity contribution is 7.21. The lowest BCUT2D eigenvalue weighted by molar-refractivity contribution is -0.121. The van der Waals surface area contributed by atoms with Crippen molar-refractivity contribution >= 4 is 45.4 Å². The Hall–Kier alpha value is -1.87. The van der Waals surface area contributed by atoms with E-state index in [-0.39, 0.29) is 30.8 Å². The molecule has 170 valence electrons. The van der Waals surface area contributed by atoms with E-state index in [1.807, 2.05) is 19.1 Å². The molecule has 2 atom stereocenters. The van der Waals surface area contributed by atoms with E-state index in [2.05, 4.69) is 21.5 Å². The normalized spacial score (nSPS) is 20.5. The van der Waals surface area contributed by atoms with Crippen LogP contribution >= 0.6 is 23.7 Å². The number of hydrogen-bond acceptors (Lipinski definition) is 7. The van der Waals surface area contributed by atoms with Gasteiger partial charge in [0.05, 0.1) is 17.7 Å². The molecule has 1 saturated heterocycles. The number of nitrogens with zero attached hydrogens (tertiary/aromatic N) is 2. The first kappa shape index (κ1) is 23.8. The van der Waals surface area contributed by atoms with Crippen LogP contribution < -0.4 is 14.9 Å². The van der Waals surface area contributed by atoms with Crippen LogP contribution in [0, 0.1) is 5.92 Å². The predicted octanol–water partition coefficient (Wildman–Crippen LogP) is 3.42. The molecular formula is C22H30ClN3O4S. The number of methoxy groups -OCH3 is 1. The summed E-state index contributed by atoms with van der Waals surface area (Å²) >= 11 is 1.62. The van der Waals surface area contributed by atoms with Gasteiger partial charge in [0.15, 0.2) is 11.5 Å². The number of aliphatic hydroxyl groups excluding tert-OH is 1. The second-order valence-corrected chi connectivity index (χ2v) is 9.20. The number of amides is 1. The van der Waals surface area contributed by atoms with Crippen LogP contribution in [-0.4, -0.2) is 61.1 Å². The lowest BCUT2D eigenvalue weighted by Crippen LogP contribution is -2.38. The van der Waals surface area contributed by atoms with E-state index < -0.39 is 6.10 Å². The highest BCUT2D eigenvalue weighted by Crippen LogP contribution is 2.37. The molecule has 7 nitrogen and oxygen atoms in total. The van der Waals surface area contributed by atoms with Crippen LogP contribution in [0.2, 0.25) is 0 Å². The SMILES string of the molecule is COc1cc2sc(C3=NNC(=O)CC3C)cc2cc1OCC(O)CN1CCCCC1.Cl. The fourth-order valence-corrected chi connectivity index (χ4v) is 5.25. The number of carbonyl (C=O) groups is 1. The molecule has 1 aromatic carbocycles. The van der Waals surface area contributed by atoms with Gasteiger partial charge in [0, 0.05) is 29.6 Å². The van der Waals surface area contributed by atoms with E-state index in [0.29, 0.717) is 24.5 Å². The summed E-state index contributed by atoms with van der Waals surface area (Å²) < 4.78 is 12.5. The molecule has 31 heavy (non-hydrogen) atoms. The molecule has 1 amide bonds. The van der Waals surface area contributed by atoms with Crippen molar-refractivity contribution in [3.63, 3.8) is 0 Å². The number of hydrogen-bond donors (Lipinski definition) is 2. The molecule has 2 aromatic rings. The number of fused-ring (bicyclic) bond motifs is 1. The third kappa shape index (κ3) is 5.68. The van der Waals surface area contributed by atoms with Crippen LogP contribution in [0.5, 0.6) is 11.5 Å². The van der Waals surface area contributed by atoms with E-state index in [1.54, 1.807) is 18.4 Å². The molecule has 0 saturated carbocycles. The van der Waals surface area contributed by atoms with Gasteiger partial charge >= 0.3 is 0 Å². The smallest absolute Gasteiger partial charge is 0.240 e. The molecule has 2 aliphatic heterocycles. The number of β-amino-alcohol motifs (C(OH)–C–C–N with tert-alkyl or cyclic N) is 1. The molecule has 0 bridgehead atoms. The van der Waals surface area contributed by atoms with Gasteiger partial charge in [-0.25, -0.2) is 5.43 Å². The van der Waals surface area contributed by atoms with Crippen molar-refractivity contribution in [3.05, 3.63) is 23.1 Å². The average Bonchev–Trinajstić information content (AvgIpc) is 3.14. The molecule has 4 rings (SSSR count). The summed E-state index contributed by atoms with van der Waals surface area (Å²) in [4.78, 5) is 14.9. The first-order valence-electron chi connectivity index (χ1n) is 10.5. The van der Waals surface area contributed by atoms with E-state index in [1.165, 1.54) is 19.3 Å². The Morgan fingerprint density at radius 1 is 1.26 bits per heavy atom. The summed E-state index contributed by atoms with van der Waals surface area (Å²) in [6.45, 7) is 4.97. The highest BCUT2D eigenvalue weighted by Gasteiger charge is 2.24. The van der Waals surface area contributed by atoms with Crippen LogP contribution in [0.25, 0.3) is 10.1 Å². The Labute approximate surface area is 192 Å². The fourth-order valence-electron chi connectivity index (χ4n) is 4.08. The van der Waals surface area contributed by atoms with Crippen molar-refractivity contribution in [2.75, 3.05) is 33.4 Å². The largest absolute Gasteiger partial charge is 0.493 e. The average molecular weight is 468 g/mol. The van der Waals surface area contributed by atoms with Crippen molar-refractivity contribution < 1.29 is 19.4 Å². The minimum Gasteiger partial charge on any atom is -0.493 e. The van der Waals surface area contributed by atoms with Gasteiger partial charge in [0.2, 0.25) is 5.91 Å². The summed E-state index contributed by atoms with van der Waals surface area (Å²) in [5.41, 5.74) is 3.48. The van der Waals surface area contributed by atoms with E-state index in [0.717, 1.165) is 33.8 Å². The minimum atomic E-state index is -0.539. The third-order valence-corrected chi connectivity index (χ3v) is 6.78. The molecule has 3 heterocycles. The van der Waals surface area contributed by atoms with Gasteiger partial charge < -0.3 is 19.5 Å². The topological polar surface area (TPSA) is 83.4 Å². The summed E-state index contributed by atoms with van der Waals surface area (Å²) in [6, 6.07) is 5.99. The lowest BCUT2D eigenvalue weighted by atomic mass is 9.99. The molecule has 0 spiro atoms. The number of piperidine rings is 1. The second-order valence-electron chi connectivity index (χ2n) is 8.11.